The van der Waals surface area contributed by atoms with Crippen LogP contribution in [0.3, 0.4) is 0 Å². The van der Waals surface area contributed by atoms with Crippen molar-refractivity contribution < 1.29 is 5.11 Å². The summed E-state index contributed by atoms with van der Waals surface area (Å²) >= 11 is 1.56. The van der Waals surface area contributed by atoms with Crippen LogP contribution in [0.15, 0.2) is 5.51 Å². The minimum Gasteiger partial charge on any atom is -0.396 e. The zero-order chi connectivity index (χ0) is 9.10. The minimum atomic E-state index is 0.287. The molecule has 0 saturated carbocycles. The fraction of sp³-hybridized carbons (Fsp3) is 0.750. The second-order valence-corrected chi connectivity index (χ2v) is 4.17. The van der Waals surface area contributed by atoms with Gasteiger partial charge in [-0.2, -0.15) is 0 Å². The molecule has 0 radical (unpaired) electrons. The first-order valence-electron chi connectivity index (χ1n) is 4.52. The number of hydrogen-bond acceptors (Lipinski definition) is 5. The van der Waals surface area contributed by atoms with Crippen LogP contribution in [0.25, 0.3) is 0 Å². The van der Waals surface area contributed by atoms with Gasteiger partial charge in [0.1, 0.15) is 5.51 Å². The van der Waals surface area contributed by atoms with E-state index in [9.17, 15) is 0 Å². The Morgan fingerprint density at radius 2 is 2.62 bits per heavy atom. The first kappa shape index (κ1) is 8.90. The van der Waals surface area contributed by atoms with Gasteiger partial charge < -0.3 is 10.0 Å². The largest absolute Gasteiger partial charge is 0.396 e. The van der Waals surface area contributed by atoms with E-state index in [0.29, 0.717) is 5.92 Å². The van der Waals surface area contributed by atoms with Gasteiger partial charge in [0, 0.05) is 19.7 Å². The molecule has 1 unspecified atom stereocenters. The summed E-state index contributed by atoms with van der Waals surface area (Å²) in [7, 11) is 0. The summed E-state index contributed by atoms with van der Waals surface area (Å²) in [6, 6.07) is 0. The van der Waals surface area contributed by atoms with Crippen LogP contribution < -0.4 is 4.90 Å². The topological polar surface area (TPSA) is 49.2 Å². The van der Waals surface area contributed by atoms with Crippen LogP contribution in [-0.2, 0) is 0 Å². The average Bonchev–Trinajstić information content (AvgIpc) is 2.71. The van der Waals surface area contributed by atoms with E-state index in [1.807, 2.05) is 0 Å². The number of hydrogen-bond donors (Lipinski definition) is 1. The van der Waals surface area contributed by atoms with Gasteiger partial charge in [-0.05, 0) is 18.8 Å². The maximum atomic E-state index is 9.05. The number of rotatable bonds is 2. The van der Waals surface area contributed by atoms with Crippen LogP contribution in [0.2, 0.25) is 0 Å². The predicted molar refractivity (Wildman–Crippen MR) is 51.9 cm³/mol. The van der Waals surface area contributed by atoms with Crippen LogP contribution in [0.4, 0.5) is 5.13 Å². The zero-order valence-corrected chi connectivity index (χ0v) is 8.20. The number of aliphatic hydroxyl groups excluding tert-OH is 1. The second-order valence-electron chi connectivity index (χ2n) is 3.36. The maximum absolute atomic E-state index is 9.05. The van der Waals surface area contributed by atoms with Crippen molar-refractivity contribution in [3.8, 4) is 0 Å². The van der Waals surface area contributed by atoms with E-state index in [1.165, 1.54) is 0 Å². The number of aromatic nitrogens is 2. The molecule has 1 saturated heterocycles. The average molecular weight is 199 g/mol. The van der Waals surface area contributed by atoms with Crippen molar-refractivity contribution >= 4 is 16.5 Å². The summed E-state index contributed by atoms with van der Waals surface area (Å²) in [6.07, 6.45) is 2.27. The molecule has 2 heterocycles. The van der Waals surface area contributed by atoms with E-state index in [4.69, 9.17) is 5.11 Å². The minimum absolute atomic E-state index is 0.287. The van der Waals surface area contributed by atoms with E-state index < -0.39 is 0 Å². The maximum Gasteiger partial charge on any atom is 0.208 e. The first-order chi connectivity index (χ1) is 6.40. The quantitative estimate of drug-likeness (QED) is 0.763. The number of piperidine rings is 1. The molecule has 4 nitrogen and oxygen atoms in total. The summed E-state index contributed by atoms with van der Waals surface area (Å²) < 4.78 is 0. The lowest BCUT2D eigenvalue weighted by Crippen LogP contribution is -2.36. The van der Waals surface area contributed by atoms with E-state index in [0.717, 1.165) is 31.1 Å². The molecule has 1 aromatic heterocycles. The van der Waals surface area contributed by atoms with Gasteiger partial charge in [0.2, 0.25) is 5.13 Å². The van der Waals surface area contributed by atoms with Crippen molar-refractivity contribution in [3.05, 3.63) is 5.51 Å². The molecule has 1 fully saturated rings. The van der Waals surface area contributed by atoms with E-state index in [-0.39, 0.29) is 6.61 Å². The smallest absolute Gasteiger partial charge is 0.208 e. The monoisotopic (exact) mass is 199 g/mol. The Bertz CT molecular complexity index is 252. The molecule has 1 aliphatic rings. The molecule has 1 N–H and O–H groups in total. The molecule has 1 aromatic rings. The highest BCUT2D eigenvalue weighted by Crippen LogP contribution is 2.23. The standard InChI is InChI=1S/C8H13N3OS/c12-5-7-2-1-3-11(4-7)8-10-9-6-13-8/h6-7,12H,1-5H2. The van der Waals surface area contributed by atoms with Crippen LogP contribution in [0.5, 0.6) is 0 Å². The van der Waals surface area contributed by atoms with Crippen molar-refractivity contribution in [3.63, 3.8) is 0 Å². The Kier molecular flexibility index (Phi) is 2.75. The van der Waals surface area contributed by atoms with E-state index >= 15 is 0 Å². The fourth-order valence-corrected chi connectivity index (χ4v) is 2.29. The highest BCUT2D eigenvalue weighted by atomic mass is 32.1. The van der Waals surface area contributed by atoms with Gasteiger partial charge in [0.15, 0.2) is 0 Å². The molecule has 0 spiro atoms. The summed E-state index contributed by atoms with van der Waals surface area (Å²) in [5.74, 6) is 0.414. The van der Waals surface area contributed by atoms with Crippen LogP contribution >= 0.6 is 11.3 Å². The lowest BCUT2D eigenvalue weighted by molar-refractivity contribution is 0.208. The summed E-state index contributed by atoms with van der Waals surface area (Å²) in [5, 5.41) is 17.9. The molecule has 1 atom stereocenters. The van der Waals surface area contributed by atoms with Gasteiger partial charge in [-0.1, -0.05) is 11.3 Å². The normalized spacial score (nSPS) is 23.5. The van der Waals surface area contributed by atoms with Gasteiger partial charge in [-0.25, -0.2) is 0 Å². The van der Waals surface area contributed by atoms with Gasteiger partial charge in [-0.3, -0.25) is 0 Å². The molecule has 0 aromatic carbocycles. The van der Waals surface area contributed by atoms with Crippen molar-refractivity contribution in [1.29, 1.82) is 0 Å². The Morgan fingerprint density at radius 3 is 3.31 bits per heavy atom. The van der Waals surface area contributed by atoms with Crippen molar-refractivity contribution in [2.45, 2.75) is 12.8 Å². The zero-order valence-electron chi connectivity index (χ0n) is 7.39. The summed E-state index contributed by atoms with van der Waals surface area (Å²) in [6.45, 7) is 2.26. The molecule has 72 valence electrons. The predicted octanol–water partition coefficient (Wildman–Crippen LogP) is 0.747. The molecular weight excluding hydrogens is 186 g/mol. The SMILES string of the molecule is OCC1CCCN(c2nncs2)C1. The number of nitrogens with zero attached hydrogens (tertiary/aromatic N) is 3. The summed E-state index contributed by atoms with van der Waals surface area (Å²) in [4.78, 5) is 2.21. The third kappa shape index (κ3) is 1.97. The number of anilines is 1. The Labute approximate surface area is 81.2 Å². The third-order valence-corrected chi connectivity index (χ3v) is 3.15. The number of aliphatic hydroxyl groups is 1. The highest BCUT2D eigenvalue weighted by Gasteiger charge is 2.20. The Morgan fingerprint density at radius 1 is 1.69 bits per heavy atom. The first-order valence-corrected chi connectivity index (χ1v) is 5.40. The molecule has 13 heavy (non-hydrogen) atoms. The third-order valence-electron chi connectivity index (χ3n) is 2.40. The van der Waals surface area contributed by atoms with Crippen LogP contribution in [0, 0.1) is 5.92 Å². The molecule has 0 bridgehead atoms. The molecular formula is C8H13N3OS. The summed E-state index contributed by atoms with van der Waals surface area (Å²) in [5.41, 5.74) is 1.75. The molecule has 0 amide bonds. The van der Waals surface area contributed by atoms with Crippen molar-refractivity contribution in [1.82, 2.24) is 10.2 Å². The Balaban J connectivity index is 2.00. The van der Waals surface area contributed by atoms with Crippen LogP contribution in [0.1, 0.15) is 12.8 Å². The van der Waals surface area contributed by atoms with Gasteiger partial charge in [0.25, 0.3) is 0 Å². The van der Waals surface area contributed by atoms with Gasteiger partial charge in [0.05, 0.1) is 0 Å². The fourth-order valence-electron chi connectivity index (χ4n) is 1.69. The molecule has 0 aliphatic carbocycles. The van der Waals surface area contributed by atoms with Crippen molar-refractivity contribution in [2.24, 2.45) is 5.92 Å². The molecule has 1 aliphatic heterocycles. The molecule has 2 rings (SSSR count). The molecule has 5 heteroatoms. The van der Waals surface area contributed by atoms with Gasteiger partial charge in [-0.15, -0.1) is 10.2 Å². The lowest BCUT2D eigenvalue weighted by Gasteiger charge is -2.30. The second kappa shape index (κ2) is 4.02. The highest BCUT2D eigenvalue weighted by molar-refractivity contribution is 7.13. The van der Waals surface area contributed by atoms with E-state index in [2.05, 4.69) is 15.1 Å². The van der Waals surface area contributed by atoms with E-state index in [1.54, 1.807) is 16.8 Å². The van der Waals surface area contributed by atoms with Gasteiger partial charge >= 0.3 is 0 Å². The van der Waals surface area contributed by atoms with Crippen LogP contribution in [-0.4, -0.2) is 35.0 Å². The lowest BCUT2D eigenvalue weighted by atomic mass is 10.00. The Hall–Kier alpha value is -0.680. The van der Waals surface area contributed by atoms with Crippen molar-refractivity contribution in [2.75, 3.05) is 24.6 Å².